The van der Waals surface area contributed by atoms with Crippen molar-refractivity contribution < 1.29 is 4.79 Å². The lowest BCUT2D eigenvalue weighted by atomic mass is 10.7. The molecule has 7 heteroatoms. The normalized spacial score (nSPS) is 7.70. The van der Waals surface area contributed by atoms with Crippen molar-refractivity contribution in [2.45, 2.75) is 0 Å². The quantitative estimate of drug-likeness (QED) is 0.402. The van der Waals surface area contributed by atoms with E-state index in [9.17, 15) is 9.70 Å². The van der Waals surface area contributed by atoms with Crippen molar-refractivity contribution >= 4 is 30.0 Å². The highest BCUT2D eigenvalue weighted by Gasteiger charge is 2.06. The van der Waals surface area contributed by atoms with E-state index in [1.165, 1.54) is 0 Å². The molecule has 0 radical (unpaired) electrons. The van der Waals surface area contributed by atoms with Crippen LogP contribution >= 0.6 is 24.0 Å². The molecule has 0 saturated carbocycles. The minimum atomic E-state index is -0.884. The fourth-order valence-electron chi connectivity index (χ4n) is 0.271. The van der Waals surface area contributed by atoms with Gasteiger partial charge < -0.3 is 5.73 Å². The average molecular weight is 188 g/mol. The third-order valence-corrected chi connectivity index (χ3v) is 0.818. The molecule has 0 aliphatic heterocycles. The fourth-order valence-corrected chi connectivity index (χ4v) is 0.431. The second kappa shape index (κ2) is 6.57. The number of hydrogen-bond donors (Lipinski definition) is 1. The number of carbonyl (C=O) groups is 1. The Hall–Kier alpha value is -0.550. The zero-order valence-corrected chi connectivity index (χ0v) is 6.56. The SMILES string of the molecule is Cl.NC(=O)N(CCCl)N=O. The first kappa shape index (κ1) is 12.2. The van der Waals surface area contributed by atoms with Crippen molar-refractivity contribution in [3.63, 3.8) is 0 Å². The van der Waals surface area contributed by atoms with Crippen molar-refractivity contribution in [2.75, 3.05) is 12.4 Å². The number of rotatable bonds is 3. The van der Waals surface area contributed by atoms with Crippen LogP contribution in [-0.4, -0.2) is 23.5 Å². The Bertz CT molecular complexity index is 120. The van der Waals surface area contributed by atoms with E-state index in [1.807, 2.05) is 0 Å². The number of primary amides is 1. The zero-order chi connectivity index (χ0) is 7.28. The van der Waals surface area contributed by atoms with E-state index in [4.69, 9.17) is 11.6 Å². The van der Waals surface area contributed by atoms with Crippen molar-refractivity contribution in [1.29, 1.82) is 0 Å². The van der Waals surface area contributed by atoms with Gasteiger partial charge in [-0.15, -0.1) is 28.9 Å². The van der Waals surface area contributed by atoms with E-state index < -0.39 is 6.03 Å². The molecule has 0 aromatic carbocycles. The van der Waals surface area contributed by atoms with E-state index in [1.54, 1.807) is 0 Å². The lowest BCUT2D eigenvalue weighted by Gasteiger charge is -2.05. The summed E-state index contributed by atoms with van der Waals surface area (Å²) in [6.45, 7) is 0.0559. The molecule has 0 bridgehead atoms. The van der Waals surface area contributed by atoms with Crippen LogP contribution in [0.4, 0.5) is 4.79 Å². The van der Waals surface area contributed by atoms with Crippen LogP contribution in [0.3, 0.4) is 0 Å². The molecule has 2 amide bonds. The maximum Gasteiger partial charge on any atom is 0.337 e. The summed E-state index contributed by atoms with van der Waals surface area (Å²) in [6.07, 6.45) is 0. The molecule has 0 atom stereocenters. The van der Waals surface area contributed by atoms with E-state index in [-0.39, 0.29) is 24.8 Å². The van der Waals surface area contributed by atoms with Gasteiger partial charge in [0.1, 0.15) is 0 Å². The van der Waals surface area contributed by atoms with Crippen molar-refractivity contribution in [3.05, 3.63) is 4.91 Å². The number of carbonyl (C=O) groups excluding carboxylic acids is 1. The lowest BCUT2D eigenvalue weighted by molar-refractivity contribution is 0.212. The molecule has 5 nitrogen and oxygen atoms in total. The Morgan fingerprint density at radius 1 is 1.70 bits per heavy atom. The number of nitroso groups, excluding NO2 is 1. The maximum atomic E-state index is 10.1. The highest BCUT2D eigenvalue weighted by molar-refractivity contribution is 6.18. The minimum absolute atomic E-state index is 0. The van der Waals surface area contributed by atoms with Gasteiger partial charge in [-0.1, -0.05) is 0 Å². The number of urea groups is 1. The molecule has 0 aliphatic carbocycles. The van der Waals surface area contributed by atoms with Gasteiger partial charge in [0.25, 0.3) is 0 Å². The van der Waals surface area contributed by atoms with E-state index in [2.05, 4.69) is 11.0 Å². The van der Waals surface area contributed by atoms with Gasteiger partial charge in [-0.05, 0) is 0 Å². The van der Waals surface area contributed by atoms with Gasteiger partial charge in [0.2, 0.25) is 0 Å². The highest BCUT2D eigenvalue weighted by Crippen LogP contribution is 1.88. The number of halogens is 2. The molecule has 0 saturated heterocycles. The summed E-state index contributed by atoms with van der Waals surface area (Å²) in [5, 5.41) is 2.85. The zero-order valence-electron chi connectivity index (χ0n) is 4.99. The molecule has 0 spiro atoms. The summed E-state index contributed by atoms with van der Waals surface area (Å²) >= 11 is 5.17. The lowest BCUT2D eigenvalue weighted by Crippen LogP contribution is -2.32. The largest absolute Gasteiger partial charge is 0.350 e. The predicted octanol–water partition coefficient (Wildman–Crippen LogP) is 0.709. The highest BCUT2D eigenvalue weighted by atomic mass is 35.5. The molecular formula is C3H7Cl2N3O2. The van der Waals surface area contributed by atoms with Crippen LogP contribution in [-0.2, 0) is 0 Å². The molecule has 0 unspecified atom stereocenters. The van der Waals surface area contributed by atoms with Crippen molar-refractivity contribution in [3.8, 4) is 0 Å². The van der Waals surface area contributed by atoms with E-state index in [0.29, 0.717) is 5.01 Å². The molecule has 0 fully saturated rings. The minimum Gasteiger partial charge on any atom is -0.350 e. The van der Waals surface area contributed by atoms with Gasteiger partial charge in [0.15, 0.2) is 0 Å². The Labute approximate surface area is 68.9 Å². The van der Waals surface area contributed by atoms with Crippen LogP contribution < -0.4 is 5.73 Å². The molecule has 60 valence electrons. The van der Waals surface area contributed by atoms with Crippen LogP contribution in [0.2, 0.25) is 0 Å². The molecule has 0 heterocycles. The van der Waals surface area contributed by atoms with E-state index in [0.717, 1.165) is 0 Å². The first-order valence-corrected chi connectivity index (χ1v) is 2.72. The van der Waals surface area contributed by atoms with Gasteiger partial charge in [-0.2, -0.15) is 5.01 Å². The van der Waals surface area contributed by atoms with Crippen molar-refractivity contribution in [1.82, 2.24) is 5.01 Å². The number of amides is 2. The van der Waals surface area contributed by atoms with E-state index >= 15 is 0 Å². The number of nitrogens with two attached hydrogens (primary N) is 1. The van der Waals surface area contributed by atoms with Crippen LogP contribution in [0.1, 0.15) is 0 Å². The Morgan fingerprint density at radius 2 is 2.20 bits per heavy atom. The summed E-state index contributed by atoms with van der Waals surface area (Å²) in [4.78, 5) is 19.8. The van der Waals surface area contributed by atoms with Gasteiger partial charge >= 0.3 is 6.03 Å². The fraction of sp³-hybridized carbons (Fsp3) is 0.667. The second-order valence-electron chi connectivity index (χ2n) is 1.23. The monoisotopic (exact) mass is 187 g/mol. The Morgan fingerprint density at radius 3 is 2.30 bits per heavy atom. The van der Waals surface area contributed by atoms with Crippen LogP contribution in [0, 0.1) is 4.91 Å². The first-order chi connectivity index (χ1) is 4.22. The van der Waals surface area contributed by atoms with Crippen LogP contribution in [0.25, 0.3) is 0 Å². The number of alkyl halides is 1. The molecular weight excluding hydrogens is 181 g/mol. The number of nitrogens with zero attached hydrogens (tertiary/aromatic N) is 2. The number of hydrogen-bond acceptors (Lipinski definition) is 3. The second-order valence-corrected chi connectivity index (χ2v) is 1.61. The van der Waals surface area contributed by atoms with Gasteiger partial charge in [0.05, 0.1) is 11.8 Å². The van der Waals surface area contributed by atoms with Gasteiger partial charge in [0, 0.05) is 5.88 Å². The Kier molecular flexibility index (Phi) is 7.99. The standard InChI is InChI=1S/C3H6ClN3O2.ClH/c4-1-2-7(6-9)3(5)8;/h1-2H2,(H2,5,8);1H. The summed E-state index contributed by atoms with van der Waals surface area (Å²) in [6, 6.07) is -0.884. The molecule has 0 aromatic heterocycles. The van der Waals surface area contributed by atoms with Crippen molar-refractivity contribution in [2.24, 2.45) is 11.0 Å². The molecule has 0 aromatic rings. The topological polar surface area (TPSA) is 75.8 Å². The average Bonchev–Trinajstić information content (AvgIpc) is 1.82. The maximum absolute atomic E-state index is 10.1. The molecule has 0 rings (SSSR count). The summed E-state index contributed by atoms with van der Waals surface area (Å²) in [7, 11) is 0. The summed E-state index contributed by atoms with van der Waals surface area (Å²) in [5.41, 5.74) is 4.67. The molecule has 10 heavy (non-hydrogen) atoms. The molecule has 2 N–H and O–H groups in total. The van der Waals surface area contributed by atoms with Gasteiger partial charge in [-0.3, -0.25) is 0 Å². The smallest absolute Gasteiger partial charge is 0.337 e. The van der Waals surface area contributed by atoms with Gasteiger partial charge in [-0.25, -0.2) is 4.79 Å². The summed E-state index contributed by atoms with van der Waals surface area (Å²) in [5.74, 6) is 0.148. The third kappa shape index (κ3) is 4.34. The van der Waals surface area contributed by atoms with Crippen LogP contribution in [0.15, 0.2) is 5.29 Å². The third-order valence-electron chi connectivity index (χ3n) is 0.649. The summed E-state index contributed by atoms with van der Waals surface area (Å²) < 4.78 is 0. The Balaban J connectivity index is 0. The molecule has 0 aliphatic rings. The van der Waals surface area contributed by atoms with Crippen LogP contribution in [0.5, 0.6) is 0 Å². The predicted molar refractivity (Wildman–Crippen MR) is 40.1 cm³/mol. The first-order valence-electron chi connectivity index (χ1n) is 2.18.